The molecular formula is C19H15NS. The Bertz CT molecular complexity index is 830. The molecule has 0 unspecified atom stereocenters. The first-order chi connectivity index (χ1) is 10.3. The summed E-state index contributed by atoms with van der Waals surface area (Å²) in [7, 11) is 0. The van der Waals surface area contributed by atoms with Crippen molar-refractivity contribution in [3.63, 3.8) is 0 Å². The van der Waals surface area contributed by atoms with Gasteiger partial charge < -0.3 is 0 Å². The minimum absolute atomic E-state index is 0.742. The second-order valence-electron chi connectivity index (χ2n) is 4.98. The maximum atomic E-state index is 9.21. The molecule has 3 aromatic carbocycles. The van der Waals surface area contributed by atoms with Crippen LogP contribution in [-0.4, -0.2) is 0 Å². The van der Waals surface area contributed by atoms with Gasteiger partial charge >= 0.3 is 0 Å². The number of fused-ring (bicyclic) bond motifs is 1. The maximum Gasteiger partial charge on any atom is 0.0998 e. The summed E-state index contributed by atoms with van der Waals surface area (Å²) in [6, 6.07) is 22.9. The first-order valence-electron chi connectivity index (χ1n) is 6.89. The quantitative estimate of drug-likeness (QED) is 0.610. The fourth-order valence-electron chi connectivity index (χ4n) is 2.42. The van der Waals surface area contributed by atoms with Gasteiger partial charge in [-0.3, -0.25) is 0 Å². The van der Waals surface area contributed by atoms with E-state index in [4.69, 9.17) is 0 Å². The molecule has 0 radical (unpaired) electrons. The summed E-state index contributed by atoms with van der Waals surface area (Å²) in [6.45, 7) is 2.15. The third kappa shape index (κ3) is 2.79. The summed E-state index contributed by atoms with van der Waals surface area (Å²) in [6.07, 6.45) is 0. The first-order valence-corrected chi connectivity index (χ1v) is 7.87. The van der Waals surface area contributed by atoms with E-state index in [-0.39, 0.29) is 0 Å². The van der Waals surface area contributed by atoms with Crippen LogP contribution in [0, 0.1) is 18.3 Å². The van der Waals surface area contributed by atoms with E-state index in [2.05, 4.69) is 49.4 Å². The van der Waals surface area contributed by atoms with Crippen LogP contribution in [0.1, 0.15) is 16.7 Å². The Morgan fingerprint density at radius 3 is 2.38 bits per heavy atom. The van der Waals surface area contributed by atoms with Crippen LogP contribution in [0.3, 0.4) is 0 Å². The smallest absolute Gasteiger partial charge is 0.0998 e. The second kappa shape index (κ2) is 6.03. The van der Waals surface area contributed by atoms with Crippen molar-refractivity contribution in [2.45, 2.75) is 17.6 Å². The van der Waals surface area contributed by atoms with Crippen molar-refractivity contribution in [1.29, 1.82) is 5.26 Å². The molecule has 0 saturated heterocycles. The van der Waals surface area contributed by atoms with E-state index in [1.54, 1.807) is 0 Å². The van der Waals surface area contributed by atoms with Gasteiger partial charge in [0.25, 0.3) is 0 Å². The van der Waals surface area contributed by atoms with E-state index in [1.165, 1.54) is 16.0 Å². The third-order valence-electron chi connectivity index (χ3n) is 3.65. The Labute approximate surface area is 129 Å². The summed E-state index contributed by atoms with van der Waals surface area (Å²) in [5.74, 6) is 0.947. The van der Waals surface area contributed by atoms with E-state index in [0.717, 1.165) is 22.1 Å². The Kier molecular flexibility index (Phi) is 3.94. The molecule has 0 fully saturated rings. The molecule has 0 aliphatic rings. The fraction of sp³-hybridized carbons (Fsp3) is 0.105. The standard InChI is InChI=1S/C19H15NS/c1-14-6-2-3-7-16(14)13-21-19-11-10-15(12-20)17-8-4-5-9-18(17)19/h2-11H,13H2,1H3. The van der Waals surface area contributed by atoms with Gasteiger partial charge in [0.15, 0.2) is 0 Å². The lowest BCUT2D eigenvalue weighted by Crippen LogP contribution is -1.87. The van der Waals surface area contributed by atoms with E-state index < -0.39 is 0 Å². The van der Waals surface area contributed by atoms with Gasteiger partial charge in [-0.1, -0.05) is 48.5 Å². The molecule has 102 valence electrons. The maximum absolute atomic E-state index is 9.21. The van der Waals surface area contributed by atoms with Crippen LogP contribution < -0.4 is 0 Å². The molecule has 0 aromatic heterocycles. The van der Waals surface area contributed by atoms with Crippen molar-refractivity contribution in [3.8, 4) is 6.07 Å². The first kappa shape index (κ1) is 13.7. The summed E-state index contributed by atoms with van der Waals surface area (Å²) in [5.41, 5.74) is 3.42. The minimum atomic E-state index is 0.742. The number of nitriles is 1. The Hall–Kier alpha value is -2.24. The molecule has 0 N–H and O–H groups in total. The lowest BCUT2D eigenvalue weighted by molar-refractivity contribution is 1.30. The predicted octanol–water partition coefficient (Wildman–Crippen LogP) is 5.31. The molecule has 0 bridgehead atoms. The number of thioether (sulfide) groups is 1. The highest BCUT2D eigenvalue weighted by atomic mass is 32.2. The predicted molar refractivity (Wildman–Crippen MR) is 89.4 cm³/mol. The number of nitrogens with zero attached hydrogens (tertiary/aromatic N) is 1. The van der Waals surface area contributed by atoms with E-state index in [1.807, 2.05) is 36.0 Å². The van der Waals surface area contributed by atoms with Crippen LogP contribution >= 0.6 is 11.8 Å². The van der Waals surface area contributed by atoms with Crippen LogP contribution in [-0.2, 0) is 5.75 Å². The average Bonchev–Trinajstić information content (AvgIpc) is 2.54. The highest BCUT2D eigenvalue weighted by molar-refractivity contribution is 7.98. The molecule has 0 aliphatic heterocycles. The third-order valence-corrected chi connectivity index (χ3v) is 4.77. The topological polar surface area (TPSA) is 23.8 Å². The molecule has 0 atom stereocenters. The van der Waals surface area contributed by atoms with Crippen molar-refractivity contribution in [2.24, 2.45) is 0 Å². The summed E-state index contributed by atoms with van der Waals surface area (Å²) in [5, 5.41) is 11.4. The summed E-state index contributed by atoms with van der Waals surface area (Å²) < 4.78 is 0. The Morgan fingerprint density at radius 2 is 1.62 bits per heavy atom. The van der Waals surface area contributed by atoms with Crippen molar-refractivity contribution < 1.29 is 0 Å². The molecule has 1 nitrogen and oxygen atoms in total. The van der Waals surface area contributed by atoms with Gasteiger partial charge in [0.1, 0.15) is 0 Å². The zero-order valence-corrected chi connectivity index (χ0v) is 12.7. The van der Waals surface area contributed by atoms with Crippen molar-refractivity contribution in [2.75, 3.05) is 0 Å². The van der Waals surface area contributed by atoms with Crippen LogP contribution in [0.15, 0.2) is 65.6 Å². The number of rotatable bonds is 3. The molecule has 0 aliphatic carbocycles. The molecule has 0 spiro atoms. The Morgan fingerprint density at radius 1 is 0.905 bits per heavy atom. The number of hydrogen-bond donors (Lipinski definition) is 0. The molecule has 0 saturated carbocycles. The number of benzene rings is 3. The molecule has 3 aromatic rings. The normalized spacial score (nSPS) is 10.5. The van der Waals surface area contributed by atoms with Gasteiger partial charge in [-0.2, -0.15) is 5.26 Å². The summed E-state index contributed by atoms with van der Waals surface area (Å²) >= 11 is 1.83. The highest BCUT2D eigenvalue weighted by Gasteiger charge is 2.06. The Balaban J connectivity index is 1.95. The van der Waals surface area contributed by atoms with Crippen LogP contribution in [0.25, 0.3) is 10.8 Å². The van der Waals surface area contributed by atoms with Crippen LogP contribution in [0.4, 0.5) is 0 Å². The molecule has 0 amide bonds. The monoisotopic (exact) mass is 289 g/mol. The van der Waals surface area contributed by atoms with Gasteiger partial charge in [0, 0.05) is 16.0 Å². The zero-order chi connectivity index (χ0) is 14.7. The van der Waals surface area contributed by atoms with E-state index in [0.29, 0.717) is 0 Å². The molecule has 0 heterocycles. The minimum Gasteiger partial charge on any atom is -0.192 e. The van der Waals surface area contributed by atoms with Crippen molar-refractivity contribution in [3.05, 3.63) is 77.4 Å². The largest absolute Gasteiger partial charge is 0.192 e. The SMILES string of the molecule is Cc1ccccc1CSc1ccc(C#N)c2ccccc12. The van der Waals surface area contributed by atoms with E-state index in [9.17, 15) is 5.26 Å². The van der Waals surface area contributed by atoms with Gasteiger partial charge in [0.2, 0.25) is 0 Å². The van der Waals surface area contributed by atoms with Crippen LogP contribution in [0.2, 0.25) is 0 Å². The zero-order valence-electron chi connectivity index (χ0n) is 11.8. The van der Waals surface area contributed by atoms with Crippen molar-refractivity contribution in [1.82, 2.24) is 0 Å². The lowest BCUT2D eigenvalue weighted by atomic mass is 10.1. The second-order valence-corrected chi connectivity index (χ2v) is 6.00. The van der Waals surface area contributed by atoms with Crippen molar-refractivity contribution >= 4 is 22.5 Å². The van der Waals surface area contributed by atoms with Gasteiger partial charge in [-0.15, -0.1) is 11.8 Å². The molecule has 3 rings (SSSR count). The number of hydrogen-bond acceptors (Lipinski definition) is 2. The lowest BCUT2D eigenvalue weighted by Gasteiger charge is -2.09. The van der Waals surface area contributed by atoms with Gasteiger partial charge in [-0.25, -0.2) is 0 Å². The van der Waals surface area contributed by atoms with Gasteiger partial charge in [-0.05, 0) is 35.6 Å². The van der Waals surface area contributed by atoms with Crippen LogP contribution in [0.5, 0.6) is 0 Å². The highest BCUT2D eigenvalue weighted by Crippen LogP contribution is 2.32. The average molecular weight is 289 g/mol. The molecular weight excluding hydrogens is 274 g/mol. The van der Waals surface area contributed by atoms with E-state index >= 15 is 0 Å². The fourth-order valence-corrected chi connectivity index (χ4v) is 3.55. The van der Waals surface area contributed by atoms with Gasteiger partial charge in [0.05, 0.1) is 11.6 Å². The molecule has 2 heteroatoms. The molecule has 21 heavy (non-hydrogen) atoms. The summed E-state index contributed by atoms with van der Waals surface area (Å²) in [4.78, 5) is 1.23. The number of aryl methyl sites for hydroxylation is 1.